The number of phosphoric acid groups is 4. The van der Waals surface area contributed by atoms with Crippen LogP contribution in [-0.2, 0) is 75.7 Å². The second kappa shape index (κ2) is 22.5. The van der Waals surface area contributed by atoms with E-state index in [-0.39, 0.29) is 64.4 Å². The summed E-state index contributed by atoms with van der Waals surface area (Å²) in [5, 5.41) is 33.2. The molecule has 6 aromatic heterocycles. The second-order valence-electron chi connectivity index (χ2n) is 17.5. The number of hydrogen-bond acceptors (Lipinski definition) is 29. The molecule has 5 unspecified atom stereocenters. The number of aliphatic hydroxyl groups excluding tert-OH is 3. The highest BCUT2D eigenvalue weighted by atomic mass is 31.3. The van der Waals surface area contributed by atoms with Gasteiger partial charge in [-0.1, -0.05) is 11.1 Å². The van der Waals surface area contributed by atoms with E-state index in [2.05, 4.69) is 55.1 Å². The topological polar surface area (TPSA) is 551 Å². The number of anilines is 3. The summed E-state index contributed by atoms with van der Waals surface area (Å²) >= 11 is 0. The summed E-state index contributed by atoms with van der Waals surface area (Å²) in [5.41, 5.74) is 15.7. The van der Waals surface area contributed by atoms with Gasteiger partial charge in [-0.2, -0.15) is 13.6 Å². The number of imidazole rings is 3. The van der Waals surface area contributed by atoms with Gasteiger partial charge in [-0.15, -0.1) is 6.58 Å². The molecule has 3 aliphatic heterocycles. The Morgan fingerprint density at radius 1 is 0.722 bits per heavy atom. The molecule has 432 valence electrons. The van der Waals surface area contributed by atoms with Crippen LogP contribution in [0.1, 0.15) is 18.7 Å². The number of aliphatic hydroxyl groups is 3. The maximum atomic E-state index is 13.7. The maximum Gasteiger partial charge on any atom is 0.490 e. The van der Waals surface area contributed by atoms with E-state index in [1.807, 2.05) is 0 Å². The van der Waals surface area contributed by atoms with Gasteiger partial charge < -0.3 is 75.8 Å². The Kier molecular flexibility index (Phi) is 16.6. The zero-order valence-corrected chi connectivity index (χ0v) is 44.2. The molecular formula is C36H50N15O24P4+. The number of hydrogen-bond donors (Lipinski definition) is 12. The molecule has 16 atom stereocenters. The maximum absolute atomic E-state index is 13.7. The van der Waals surface area contributed by atoms with Gasteiger partial charge in [0, 0.05) is 13.0 Å². The van der Waals surface area contributed by atoms with E-state index in [0.29, 0.717) is 0 Å². The summed E-state index contributed by atoms with van der Waals surface area (Å²) in [6.45, 7) is 0.0214. The zero-order valence-electron chi connectivity index (χ0n) is 40.6. The first-order valence-corrected chi connectivity index (χ1v) is 28.7. The lowest BCUT2D eigenvalue weighted by molar-refractivity contribution is -0.745. The normalized spacial score (nSPS) is 29.5. The van der Waals surface area contributed by atoms with E-state index < -0.39 is 136 Å². The third kappa shape index (κ3) is 12.1. The number of aromatic amines is 2. The highest BCUT2D eigenvalue weighted by Gasteiger charge is 2.54. The second-order valence-corrected chi connectivity index (χ2v) is 23.5. The lowest BCUT2D eigenvalue weighted by Crippen LogP contribution is -2.45. The molecule has 3 saturated heterocycles. The molecule has 0 amide bonds. The molecule has 6 aromatic rings. The highest BCUT2D eigenvalue weighted by molar-refractivity contribution is 7.66. The Balaban J connectivity index is 0.873. The number of phosphoric ester groups is 3. The fourth-order valence-electron chi connectivity index (χ4n) is 8.87. The molecule has 9 rings (SSSR count). The Morgan fingerprint density at radius 3 is 2.01 bits per heavy atom. The molecule has 43 heteroatoms. The molecule has 3 aliphatic rings. The van der Waals surface area contributed by atoms with Crippen LogP contribution >= 0.6 is 31.3 Å². The number of aromatic nitrogens is 12. The molecule has 0 aliphatic carbocycles. The third-order valence-electron chi connectivity index (χ3n) is 12.3. The van der Waals surface area contributed by atoms with Crippen LogP contribution in [0.2, 0.25) is 0 Å². The van der Waals surface area contributed by atoms with Crippen molar-refractivity contribution in [3.8, 4) is 0 Å². The number of nitrogens with two attached hydrogens (primary N) is 3. The van der Waals surface area contributed by atoms with E-state index in [0.717, 1.165) is 30.7 Å². The number of fused-ring (bicyclic) bond motifs is 3. The van der Waals surface area contributed by atoms with Crippen molar-refractivity contribution < 1.29 is 108 Å². The number of H-pyrrole nitrogens is 2. The van der Waals surface area contributed by atoms with Gasteiger partial charge in [0.15, 0.2) is 41.4 Å². The molecule has 9 heterocycles. The molecule has 0 aromatic carbocycles. The Bertz CT molecular complexity index is 3580. The average Bonchev–Trinajstić information content (AvgIpc) is 4.23. The summed E-state index contributed by atoms with van der Waals surface area (Å²) in [6.07, 6.45) is -11.6. The van der Waals surface area contributed by atoms with E-state index >= 15 is 0 Å². The molecule has 0 saturated carbocycles. The Hall–Kier alpha value is -5.41. The van der Waals surface area contributed by atoms with Gasteiger partial charge in [0.25, 0.3) is 17.1 Å². The van der Waals surface area contributed by atoms with Gasteiger partial charge in [-0.3, -0.25) is 51.4 Å². The largest absolute Gasteiger partial charge is 0.490 e. The minimum atomic E-state index is -6.20. The van der Waals surface area contributed by atoms with Crippen molar-refractivity contribution in [1.82, 2.24) is 53.6 Å². The first-order valence-electron chi connectivity index (χ1n) is 22.7. The van der Waals surface area contributed by atoms with Crippen LogP contribution in [0.5, 0.6) is 0 Å². The van der Waals surface area contributed by atoms with Crippen LogP contribution in [0, 0.1) is 5.92 Å². The minimum absolute atomic E-state index is 0.0126. The SMILES string of the molecule is C=CCOC[C@@H]1[C@@H](COP(=O)(O)OP(=O)(O)OP(=O)(O)OC[C@H]2O[C@@H](n3cnc4c(N)ncnc43)[C@H](OC)[C@@H]2OP(=O)(O)OC[C@H]2O[C@@H](n3cnc4c(=O)[nH]c(N)nc43)[C@H](O)[C@@H]2O)OC([n+]2cn(C)c3c(=O)[nH]c(N)nc32)[C@@H]1O. The van der Waals surface area contributed by atoms with Crippen molar-refractivity contribution >= 4 is 82.5 Å². The summed E-state index contributed by atoms with van der Waals surface area (Å²) in [4.78, 5) is 96.7. The molecule has 0 bridgehead atoms. The number of methoxy groups -OCH3 is 1. The van der Waals surface area contributed by atoms with Gasteiger partial charge in [-0.05, 0) is 0 Å². The summed E-state index contributed by atoms with van der Waals surface area (Å²) < 4.78 is 116. The van der Waals surface area contributed by atoms with Crippen molar-refractivity contribution in [2.24, 2.45) is 13.0 Å². The van der Waals surface area contributed by atoms with Gasteiger partial charge in [0.1, 0.15) is 54.6 Å². The predicted octanol–water partition coefficient (Wildman–Crippen LogP) is -3.25. The van der Waals surface area contributed by atoms with E-state index in [1.165, 1.54) is 33.2 Å². The lowest BCUT2D eigenvalue weighted by Gasteiger charge is -2.26. The first kappa shape index (κ1) is 58.3. The van der Waals surface area contributed by atoms with Gasteiger partial charge >= 0.3 is 36.9 Å². The van der Waals surface area contributed by atoms with Crippen LogP contribution in [0.3, 0.4) is 0 Å². The van der Waals surface area contributed by atoms with Gasteiger partial charge in [-0.25, -0.2) is 42.8 Å². The summed E-state index contributed by atoms with van der Waals surface area (Å²) in [7, 11) is -20.8. The van der Waals surface area contributed by atoms with Crippen molar-refractivity contribution in [2.45, 2.75) is 67.5 Å². The van der Waals surface area contributed by atoms with Crippen LogP contribution in [0.25, 0.3) is 33.5 Å². The monoisotopic (exact) mass is 1200 g/mol. The fraction of sp³-hybridized carbons (Fsp3) is 0.528. The minimum Gasteiger partial charge on any atom is -0.387 e. The number of nitrogens with one attached hydrogen (secondary N) is 2. The number of nitrogens with zero attached hydrogens (tertiary/aromatic N) is 10. The van der Waals surface area contributed by atoms with Crippen LogP contribution in [-0.4, -0.2) is 177 Å². The molecule has 15 N–H and O–H groups in total. The summed E-state index contributed by atoms with van der Waals surface area (Å²) in [6, 6.07) is 0. The molecular weight excluding hydrogens is 1150 g/mol. The highest BCUT2D eigenvalue weighted by Crippen LogP contribution is 2.68. The van der Waals surface area contributed by atoms with Crippen molar-refractivity contribution in [3.63, 3.8) is 0 Å². The number of nitrogen functional groups attached to an aromatic ring is 3. The zero-order chi connectivity index (χ0) is 57.1. The predicted molar refractivity (Wildman–Crippen MR) is 257 cm³/mol. The molecule has 3 fully saturated rings. The first-order chi connectivity index (χ1) is 37.2. The van der Waals surface area contributed by atoms with Crippen molar-refractivity contribution in [2.75, 3.05) is 57.3 Å². The standard InChI is InChI=1S/C36H49N15O24P4/c1-4-5-66-6-14-15(70-32(21(14)52)51-13-48(2)20-29(51)45-36(39)47-31(20)56)7-68-77(59,60)74-79(63,64)75-78(61,62)69-9-17-24(25(65-3)34(72-17)49-11-42-18-26(37)40-10-41-27(18)49)73-76(57,58)67-8-16-22(53)23(54)33(71-16)50-12-43-19-28(50)44-35(38)46-30(19)55/h4,10-17,21-25,32-34,52-54H,1,5-9H2,2-3H3,(H11-,37,38,39,40,41,44,45,46,47,55,56,57,58,59,60,61,62,63,64)/p+1/t14-,15-,16-,17-,21-,22-,23-,24-,25-,32?,33-,34-/m1/s1. The van der Waals surface area contributed by atoms with Crippen LogP contribution < -0.4 is 32.9 Å². The van der Waals surface area contributed by atoms with E-state index in [9.17, 15) is 62.7 Å². The molecule has 0 radical (unpaired) electrons. The fourth-order valence-corrected chi connectivity index (χ4v) is 13.4. The van der Waals surface area contributed by atoms with E-state index in [1.54, 1.807) is 0 Å². The Morgan fingerprint density at radius 2 is 1.33 bits per heavy atom. The van der Waals surface area contributed by atoms with Crippen molar-refractivity contribution in [3.05, 3.63) is 58.7 Å². The smallest absolute Gasteiger partial charge is 0.387 e. The van der Waals surface area contributed by atoms with Gasteiger partial charge in [0.2, 0.25) is 17.7 Å². The lowest BCUT2D eigenvalue weighted by atomic mass is 9.99. The van der Waals surface area contributed by atoms with Crippen LogP contribution in [0.4, 0.5) is 17.7 Å². The quantitative estimate of drug-likeness (QED) is 0.0130. The third-order valence-corrected chi connectivity index (χ3v) is 17.5. The van der Waals surface area contributed by atoms with Gasteiger partial charge in [0.05, 0.1) is 58.8 Å². The molecule has 0 spiro atoms. The number of aryl methyl sites for hydroxylation is 1. The summed E-state index contributed by atoms with van der Waals surface area (Å²) in [5.74, 6) is -1.75. The molecule has 39 nitrogen and oxygen atoms in total. The number of rotatable bonds is 23. The van der Waals surface area contributed by atoms with E-state index in [4.69, 9.17) is 59.0 Å². The van der Waals surface area contributed by atoms with Crippen molar-refractivity contribution in [1.29, 1.82) is 0 Å². The molecule has 79 heavy (non-hydrogen) atoms. The van der Waals surface area contributed by atoms with Crippen LogP contribution in [0.15, 0.2) is 47.6 Å². The Labute approximate surface area is 439 Å². The number of ether oxygens (including phenoxy) is 5. The average molecular weight is 1200 g/mol.